The minimum atomic E-state index is -0.658. The monoisotopic (exact) mass is 427 g/mol. The van der Waals surface area contributed by atoms with Crippen molar-refractivity contribution >= 4 is 17.5 Å². The fourth-order valence-corrected chi connectivity index (χ4v) is 3.71. The van der Waals surface area contributed by atoms with Gasteiger partial charge in [-0.2, -0.15) is 5.26 Å². The summed E-state index contributed by atoms with van der Waals surface area (Å²) in [4.78, 5) is 34.7. The van der Waals surface area contributed by atoms with Crippen LogP contribution in [0.5, 0.6) is 11.5 Å². The van der Waals surface area contributed by atoms with E-state index in [1.807, 2.05) is 4.90 Å². The molecule has 1 fully saturated rings. The molecule has 8 heteroatoms. The maximum Gasteiger partial charge on any atom is 0.267 e. The van der Waals surface area contributed by atoms with Crippen LogP contribution >= 0.6 is 0 Å². The van der Waals surface area contributed by atoms with Gasteiger partial charge < -0.3 is 15.4 Å². The first-order valence-electron chi connectivity index (χ1n) is 10.2. The van der Waals surface area contributed by atoms with E-state index in [-0.39, 0.29) is 17.5 Å². The van der Waals surface area contributed by atoms with Crippen molar-refractivity contribution in [2.24, 2.45) is 5.73 Å². The summed E-state index contributed by atoms with van der Waals surface area (Å²) in [6, 6.07) is 17.3. The highest BCUT2D eigenvalue weighted by molar-refractivity contribution is 5.92. The second-order valence-electron chi connectivity index (χ2n) is 7.52. The van der Waals surface area contributed by atoms with Crippen LogP contribution in [-0.2, 0) is 4.79 Å². The number of carbonyl (C=O) groups is 2. The van der Waals surface area contributed by atoms with Gasteiger partial charge in [0.05, 0.1) is 17.7 Å². The number of rotatable bonds is 6. The van der Waals surface area contributed by atoms with Gasteiger partial charge in [0.1, 0.15) is 23.0 Å². The zero-order chi connectivity index (χ0) is 22.7. The molecule has 2 heterocycles. The van der Waals surface area contributed by atoms with Gasteiger partial charge in [0.15, 0.2) is 11.6 Å². The molecule has 1 aromatic heterocycles. The predicted octanol–water partition coefficient (Wildman–Crippen LogP) is 3.46. The molecule has 2 aromatic carbocycles. The third-order valence-electron chi connectivity index (χ3n) is 5.31. The molecule has 3 aromatic rings. The van der Waals surface area contributed by atoms with Crippen LogP contribution in [0.25, 0.3) is 11.4 Å². The number of nitriles is 1. The van der Waals surface area contributed by atoms with Crippen LogP contribution in [0.1, 0.15) is 35.8 Å². The molecule has 0 bridgehead atoms. The lowest BCUT2D eigenvalue weighted by atomic mass is 10.1. The van der Waals surface area contributed by atoms with Crippen molar-refractivity contribution in [2.75, 3.05) is 11.4 Å². The minimum Gasteiger partial charge on any atom is -0.457 e. The lowest BCUT2D eigenvalue weighted by Gasteiger charge is -2.24. The molecule has 1 atom stereocenters. The second-order valence-corrected chi connectivity index (χ2v) is 7.52. The lowest BCUT2D eigenvalue weighted by Crippen LogP contribution is -2.35. The first kappa shape index (κ1) is 21.0. The molecule has 8 nitrogen and oxygen atoms in total. The highest BCUT2D eigenvalue weighted by Gasteiger charge is 2.30. The Hall–Kier alpha value is -4.25. The molecule has 1 aliphatic heterocycles. The number of nitrogens with zero attached hydrogens (tertiary/aromatic N) is 4. The van der Waals surface area contributed by atoms with Gasteiger partial charge in [-0.1, -0.05) is 0 Å². The highest BCUT2D eigenvalue weighted by Crippen LogP contribution is 2.29. The van der Waals surface area contributed by atoms with Crippen LogP contribution in [0.4, 0.5) is 5.82 Å². The molecule has 0 saturated carbocycles. The Labute approximate surface area is 185 Å². The highest BCUT2D eigenvalue weighted by atomic mass is 16.5. The molecule has 0 aliphatic carbocycles. The Morgan fingerprint density at radius 1 is 1.09 bits per heavy atom. The van der Waals surface area contributed by atoms with E-state index in [0.29, 0.717) is 40.8 Å². The average Bonchev–Trinajstić information content (AvgIpc) is 3.30. The van der Waals surface area contributed by atoms with Crippen LogP contribution in [-0.4, -0.2) is 34.2 Å². The molecular formula is C24H21N5O3. The number of carbonyl (C=O) groups excluding carboxylic acids is 2. The summed E-state index contributed by atoms with van der Waals surface area (Å²) >= 11 is 0. The summed E-state index contributed by atoms with van der Waals surface area (Å²) in [5.74, 6) is 1.47. The minimum absolute atomic E-state index is 0.0626. The van der Waals surface area contributed by atoms with Crippen LogP contribution in [0.2, 0.25) is 0 Å². The molecule has 1 amide bonds. The largest absolute Gasteiger partial charge is 0.457 e. The number of primary amides is 1. The molecular weight excluding hydrogens is 406 g/mol. The number of Topliss-reactive ketones (excluding diaryl/α,β-unsaturated/α-hetero) is 1. The van der Waals surface area contributed by atoms with Crippen LogP contribution < -0.4 is 15.4 Å². The lowest BCUT2D eigenvalue weighted by molar-refractivity contribution is -0.118. The average molecular weight is 427 g/mol. The van der Waals surface area contributed by atoms with E-state index in [9.17, 15) is 9.59 Å². The molecule has 32 heavy (non-hydrogen) atoms. The summed E-state index contributed by atoms with van der Waals surface area (Å²) < 4.78 is 5.81. The van der Waals surface area contributed by atoms with Gasteiger partial charge in [-0.05, 0) is 68.3 Å². The molecule has 1 aliphatic rings. The smallest absolute Gasteiger partial charge is 0.267 e. The van der Waals surface area contributed by atoms with Gasteiger partial charge in [-0.3, -0.25) is 9.59 Å². The summed E-state index contributed by atoms with van der Waals surface area (Å²) in [7, 11) is 0. The third-order valence-corrected chi connectivity index (χ3v) is 5.31. The number of ether oxygens (including phenoxy) is 1. The zero-order valence-corrected chi connectivity index (χ0v) is 17.5. The first-order valence-corrected chi connectivity index (χ1v) is 10.2. The number of benzene rings is 2. The maximum atomic E-state index is 12.0. The number of anilines is 1. The van der Waals surface area contributed by atoms with E-state index < -0.39 is 5.91 Å². The van der Waals surface area contributed by atoms with Crippen LogP contribution in [0, 0.1) is 11.3 Å². The number of ketones is 1. The molecule has 1 saturated heterocycles. The Balaban J connectivity index is 1.62. The molecule has 4 rings (SSSR count). The Kier molecular flexibility index (Phi) is 5.81. The van der Waals surface area contributed by atoms with E-state index in [1.54, 1.807) is 55.5 Å². The van der Waals surface area contributed by atoms with Gasteiger partial charge >= 0.3 is 0 Å². The van der Waals surface area contributed by atoms with Crippen LogP contribution in [0.3, 0.4) is 0 Å². The van der Waals surface area contributed by atoms with Crippen molar-refractivity contribution in [1.29, 1.82) is 5.26 Å². The van der Waals surface area contributed by atoms with E-state index in [0.717, 1.165) is 12.8 Å². The molecule has 160 valence electrons. The van der Waals surface area contributed by atoms with Crippen molar-refractivity contribution in [2.45, 2.75) is 25.8 Å². The fourth-order valence-electron chi connectivity index (χ4n) is 3.71. The predicted molar refractivity (Wildman–Crippen MR) is 118 cm³/mol. The van der Waals surface area contributed by atoms with Crippen LogP contribution in [0.15, 0.2) is 54.6 Å². The number of aromatic nitrogens is 2. The molecule has 0 spiro atoms. The molecule has 0 radical (unpaired) electrons. The van der Waals surface area contributed by atoms with E-state index in [1.165, 1.54) is 6.07 Å². The summed E-state index contributed by atoms with van der Waals surface area (Å²) in [5.41, 5.74) is 6.83. The number of nitrogens with two attached hydrogens (primary N) is 1. The van der Waals surface area contributed by atoms with Crippen molar-refractivity contribution in [3.8, 4) is 29.0 Å². The van der Waals surface area contributed by atoms with Crippen molar-refractivity contribution in [1.82, 2.24) is 9.97 Å². The number of hydrogen-bond acceptors (Lipinski definition) is 7. The van der Waals surface area contributed by atoms with Gasteiger partial charge in [-0.25, -0.2) is 9.97 Å². The zero-order valence-electron chi connectivity index (χ0n) is 17.5. The van der Waals surface area contributed by atoms with Gasteiger partial charge in [0, 0.05) is 18.2 Å². The van der Waals surface area contributed by atoms with E-state index >= 15 is 0 Å². The standard InChI is InChI=1S/C24H21N5O3/c1-15(30)21-3-2-12-29(21)22-13-20(23(26)31)27-24(28-22)17-6-10-19(11-7-17)32-18-8-4-16(14-25)5-9-18/h4-11,13,21H,2-3,12H2,1H3,(H2,26,31)/t21-/m0/s1. The maximum absolute atomic E-state index is 12.0. The van der Waals surface area contributed by atoms with Crippen molar-refractivity contribution in [3.63, 3.8) is 0 Å². The Morgan fingerprint density at radius 3 is 2.34 bits per heavy atom. The molecule has 0 unspecified atom stereocenters. The second kappa shape index (κ2) is 8.86. The van der Waals surface area contributed by atoms with Crippen molar-refractivity contribution in [3.05, 3.63) is 65.9 Å². The SMILES string of the molecule is CC(=O)[C@@H]1CCCN1c1cc(C(N)=O)nc(-c2ccc(Oc3ccc(C#N)cc3)cc2)n1. The quantitative estimate of drug-likeness (QED) is 0.639. The number of amides is 1. The van der Waals surface area contributed by atoms with Gasteiger partial charge in [0.25, 0.3) is 5.91 Å². The number of hydrogen-bond donors (Lipinski definition) is 1. The van der Waals surface area contributed by atoms with E-state index in [4.69, 9.17) is 15.7 Å². The summed E-state index contributed by atoms with van der Waals surface area (Å²) in [6.45, 7) is 2.24. The Bertz CT molecular complexity index is 1200. The summed E-state index contributed by atoms with van der Waals surface area (Å²) in [5, 5.41) is 8.89. The Morgan fingerprint density at radius 2 is 1.75 bits per heavy atom. The fraction of sp³-hybridized carbons (Fsp3) is 0.208. The topological polar surface area (TPSA) is 122 Å². The van der Waals surface area contributed by atoms with E-state index in [2.05, 4.69) is 16.0 Å². The first-order chi connectivity index (χ1) is 15.4. The van der Waals surface area contributed by atoms with Crippen molar-refractivity contribution < 1.29 is 14.3 Å². The summed E-state index contributed by atoms with van der Waals surface area (Å²) in [6.07, 6.45) is 1.62. The third kappa shape index (κ3) is 4.42. The van der Waals surface area contributed by atoms with Gasteiger partial charge in [0.2, 0.25) is 0 Å². The molecule has 2 N–H and O–H groups in total. The normalized spacial score (nSPS) is 15.2. The van der Waals surface area contributed by atoms with Gasteiger partial charge in [-0.15, -0.1) is 0 Å².